The molecule has 9 aromatic rings. The quantitative estimate of drug-likeness (QED) is 0.213. The molecule has 5 nitrogen and oxygen atoms in total. The van der Waals surface area contributed by atoms with Gasteiger partial charge < -0.3 is 0 Å². The lowest BCUT2D eigenvalue weighted by Gasteiger charge is -2.13. The zero-order valence-electron chi connectivity index (χ0n) is 22.8. The van der Waals surface area contributed by atoms with Crippen LogP contribution in [-0.4, -0.2) is 19.1 Å². The number of hydrogen-bond donors (Lipinski definition) is 0. The first-order valence-electron chi connectivity index (χ1n) is 14.2. The summed E-state index contributed by atoms with van der Waals surface area (Å²) in [5.74, 6) is 0.541. The lowest BCUT2D eigenvalue weighted by molar-refractivity contribution is 1.01. The molecule has 5 aromatic carbocycles. The van der Waals surface area contributed by atoms with Crippen LogP contribution in [0.3, 0.4) is 0 Å². The highest BCUT2D eigenvalue weighted by Gasteiger charge is 2.25. The molecule has 0 saturated carbocycles. The Balaban J connectivity index is 1.52. The summed E-state index contributed by atoms with van der Waals surface area (Å²) in [5.41, 5.74) is 6.14. The Kier molecular flexibility index (Phi) is 5.15. The molecule has 4 heterocycles. The standard InChI is InChI=1S/C37H22N4OS/c42-36-31-26-18-8-11-21-29(26)41(37-38-28-20-10-7-17-25(28)32(39-37)23-13-3-1-4-14-23)34(31)35-33(27-19-9-12-22-30(27)43-35)40(36)24-15-5-2-6-16-24/h1-22H. The minimum Gasteiger partial charge on any atom is -0.276 e. The molecule has 6 heteroatoms. The maximum atomic E-state index is 14.8. The number of aromatic nitrogens is 4. The Morgan fingerprint density at radius 2 is 1.21 bits per heavy atom. The molecular formula is C37H22N4OS. The van der Waals surface area contributed by atoms with Gasteiger partial charge in [0, 0.05) is 32.1 Å². The number of benzene rings is 5. The van der Waals surface area contributed by atoms with Gasteiger partial charge >= 0.3 is 0 Å². The number of nitrogens with zero attached hydrogens (tertiary/aromatic N) is 4. The van der Waals surface area contributed by atoms with Crippen LogP contribution < -0.4 is 5.56 Å². The van der Waals surface area contributed by atoms with E-state index in [4.69, 9.17) is 9.97 Å². The summed E-state index contributed by atoms with van der Waals surface area (Å²) >= 11 is 1.70. The van der Waals surface area contributed by atoms with Gasteiger partial charge in [-0.1, -0.05) is 103 Å². The zero-order chi connectivity index (χ0) is 28.5. The van der Waals surface area contributed by atoms with E-state index in [0.717, 1.165) is 64.6 Å². The summed E-state index contributed by atoms with van der Waals surface area (Å²) in [4.78, 5) is 25.1. The summed E-state index contributed by atoms with van der Waals surface area (Å²) in [6.45, 7) is 0. The molecule has 0 unspecified atom stereocenters. The Morgan fingerprint density at radius 3 is 2.02 bits per heavy atom. The average molecular weight is 571 g/mol. The summed E-state index contributed by atoms with van der Waals surface area (Å²) < 4.78 is 6.12. The highest BCUT2D eigenvalue weighted by molar-refractivity contribution is 7.26. The largest absolute Gasteiger partial charge is 0.276 e. The molecule has 4 aromatic heterocycles. The molecule has 0 atom stereocenters. The minimum atomic E-state index is -0.0590. The number of fused-ring (bicyclic) bond motifs is 8. The van der Waals surface area contributed by atoms with Crippen molar-refractivity contribution in [2.75, 3.05) is 0 Å². The van der Waals surface area contributed by atoms with Crippen molar-refractivity contribution >= 4 is 64.3 Å². The predicted molar refractivity (Wildman–Crippen MR) is 178 cm³/mol. The van der Waals surface area contributed by atoms with Crippen molar-refractivity contribution in [1.29, 1.82) is 0 Å². The summed E-state index contributed by atoms with van der Waals surface area (Å²) in [7, 11) is 0. The second-order valence-corrected chi connectivity index (χ2v) is 11.6. The van der Waals surface area contributed by atoms with E-state index < -0.39 is 0 Å². The van der Waals surface area contributed by atoms with Gasteiger partial charge in [-0.3, -0.25) is 13.9 Å². The number of thiophene rings is 1. The third-order valence-electron chi connectivity index (χ3n) is 8.15. The Bertz CT molecular complexity index is 2580. The van der Waals surface area contributed by atoms with Gasteiger partial charge in [-0.15, -0.1) is 11.3 Å². The van der Waals surface area contributed by atoms with Crippen molar-refractivity contribution < 1.29 is 0 Å². The fraction of sp³-hybridized carbons (Fsp3) is 0. The van der Waals surface area contributed by atoms with E-state index in [1.54, 1.807) is 11.3 Å². The van der Waals surface area contributed by atoms with E-state index in [9.17, 15) is 4.79 Å². The van der Waals surface area contributed by atoms with Gasteiger partial charge in [0.25, 0.3) is 5.56 Å². The van der Waals surface area contributed by atoms with Gasteiger partial charge in [0.15, 0.2) is 0 Å². The highest BCUT2D eigenvalue weighted by atomic mass is 32.1. The first-order chi connectivity index (χ1) is 21.3. The van der Waals surface area contributed by atoms with Gasteiger partial charge in [0.1, 0.15) is 0 Å². The van der Waals surface area contributed by atoms with Crippen LogP contribution in [0.1, 0.15) is 0 Å². The van der Waals surface area contributed by atoms with E-state index in [0.29, 0.717) is 11.3 Å². The second-order valence-electron chi connectivity index (χ2n) is 10.6. The third-order valence-corrected chi connectivity index (χ3v) is 9.32. The SMILES string of the molecule is O=c1c2c3ccccc3n(-c3nc(-c4ccccc4)c4ccccc4n3)c2c2sc3ccccc3c2n1-c1ccccc1. The van der Waals surface area contributed by atoms with E-state index >= 15 is 0 Å². The monoisotopic (exact) mass is 570 g/mol. The molecule has 9 rings (SSSR count). The normalized spacial score (nSPS) is 11.8. The highest BCUT2D eigenvalue weighted by Crippen LogP contribution is 2.42. The molecule has 0 spiro atoms. The molecule has 0 aliphatic rings. The minimum absolute atomic E-state index is 0.0590. The van der Waals surface area contributed by atoms with E-state index in [-0.39, 0.29) is 5.56 Å². The molecule has 0 fully saturated rings. The lowest BCUT2D eigenvalue weighted by Crippen LogP contribution is -2.19. The van der Waals surface area contributed by atoms with Crippen LogP contribution in [0, 0.1) is 0 Å². The molecule has 0 bridgehead atoms. The van der Waals surface area contributed by atoms with Gasteiger partial charge in [0.05, 0.1) is 37.8 Å². The fourth-order valence-corrected chi connectivity index (χ4v) is 7.54. The Morgan fingerprint density at radius 1 is 0.558 bits per heavy atom. The van der Waals surface area contributed by atoms with Crippen molar-refractivity contribution in [2.24, 2.45) is 0 Å². The predicted octanol–water partition coefficient (Wildman–Crippen LogP) is 8.91. The van der Waals surface area contributed by atoms with Crippen LogP contribution >= 0.6 is 11.3 Å². The maximum Gasteiger partial charge on any atom is 0.265 e. The molecule has 0 radical (unpaired) electrons. The van der Waals surface area contributed by atoms with Gasteiger partial charge in [-0.25, -0.2) is 9.97 Å². The molecule has 0 saturated heterocycles. The van der Waals surface area contributed by atoms with Crippen LogP contribution in [0.4, 0.5) is 0 Å². The second kappa shape index (κ2) is 9.21. The van der Waals surface area contributed by atoms with Crippen molar-refractivity contribution in [3.8, 4) is 22.9 Å². The smallest absolute Gasteiger partial charge is 0.265 e. The Labute approximate surface area is 249 Å². The van der Waals surface area contributed by atoms with E-state index in [1.165, 1.54) is 0 Å². The van der Waals surface area contributed by atoms with Gasteiger partial charge in [-0.05, 0) is 30.3 Å². The summed E-state index contributed by atoms with van der Waals surface area (Å²) in [6.07, 6.45) is 0. The van der Waals surface area contributed by atoms with Crippen LogP contribution in [0.25, 0.3) is 75.9 Å². The molecule has 43 heavy (non-hydrogen) atoms. The van der Waals surface area contributed by atoms with Crippen molar-refractivity contribution in [1.82, 2.24) is 19.1 Å². The summed E-state index contributed by atoms with van der Waals surface area (Å²) in [5, 5.41) is 3.57. The van der Waals surface area contributed by atoms with Crippen LogP contribution in [0.15, 0.2) is 138 Å². The molecule has 0 aliphatic carbocycles. The number of hydrogen-bond acceptors (Lipinski definition) is 4. The van der Waals surface area contributed by atoms with Gasteiger partial charge in [-0.2, -0.15) is 0 Å². The molecule has 202 valence electrons. The molecule has 0 aliphatic heterocycles. The third kappa shape index (κ3) is 3.47. The first-order valence-corrected chi connectivity index (χ1v) is 15.0. The fourth-order valence-electron chi connectivity index (χ4n) is 6.31. The number of para-hydroxylation sites is 3. The first kappa shape index (κ1) is 24.1. The van der Waals surface area contributed by atoms with Gasteiger partial charge in [0.2, 0.25) is 5.95 Å². The molecule has 0 N–H and O–H groups in total. The van der Waals surface area contributed by atoms with Crippen molar-refractivity contribution in [3.63, 3.8) is 0 Å². The average Bonchev–Trinajstić information content (AvgIpc) is 3.62. The lowest BCUT2D eigenvalue weighted by atomic mass is 10.1. The number of rotatable bonds is 3. The maximum absolute atomic E-state index is 14.8. The zero-order valence-corrected chi connectivity index (χ0v) is 23.6. The topological polar surface area (TPSA) is 52.7 Å². The van der Waals surface area contributed by atoms with Crippen molar-refractivity contribution in [2.45, 2.75) is 0 Å². The number of pyridine rings is 1. The van der Waals surface area contributed by atoms with Crippen LogP contribution in [0.5, 0.6) is 0 Å². The molecular weight excluding hydrogens is 549 g/mol. The van der Waals surface area contributed by atoms with E-state index in [1.807, 2.05) is 102 Å². The van der Waals surface area contributed by atoms with E-state index in [2.05, 4.69) is 41.0 Å². The van der Waals surface area contributed by atoms with Crippen molar-refractivity contribution in [3.05, 3.63) is 144 Å². The summed E-state index contributed by atoms with van der Waals surface area (Å²) in [6, 6.07) is 44.6. The van der Waals surface area contributed by atoms with Crippen LogP contribution in [0.2, 0.25) is 0 Å². The molecule has 0 amide bonds. The van der Waals surface area contributed by atoms with Crippen LogP contribution in [-0.2, 0) is 0 Å². The Hall–Kier alpha value is -5.59.